The number of rotatable bonds is 7. The lowest BCUT2D eigenvalue weighted by atomic mass is 10.1. The van der Waals surface area contributed by atoms with E-state index in [1.807, 2.05) is 35.0 Å². The highest BCUT2D eigenvalue weighted by Gasteiger charge is 2.34. The number of hydrogen-bond donors (Lipinski definition) is 1. The van der Waals surface area contributed by atoms with Crippen LogP contribution in [0, 0.1) is 10.1 Å². The van der Waals surface area contributed by atoms with Crippen molar-refractivity contribution in [1.29, 1.82) is 0 Å². The predicted octanol–water partition coefficient (Wildman–Crippen LogP) is 4.07. The predicted molar refractivity (Wildman–Crippen MR) is 131 cm³/mol. The van der Waals surface area contributed by atoms with E-state index >= 15 is 0 Å². The van der Waals surface area contributed by atoms with Gasteiger partial charge in [0.25, 0.3) is 11.6 Å². The first-order valence-corrected chi connectivity index (χ1v) is 11.2. The average Bonchev–Trinajstić information content (AvgIpc) is 3.58. The SMILES string of the molecule is COC(=O)c1ccc(CN2C(=O)NC(=Cc3cn(Cc4ccc([N+](=O)[O-])cc4)c4ccccc34)C2=O)o1. The van der Waals surface area contributed by atoms with Gasteiger partial charge in [-0.15, -0.1) is 0 Å². The molecule has 1 saturated heterocycles. The van der Waals surface area contributed by atoms with Gasteiger partial charge >= 0.3 is 12.0 Å². The molecule has 2 aromatic carbocycles. The Morgan fingerprint density at radius 1 is 1.08 bits per heavy atom. The molecule has 0 bridgehead atoms. The summed E-state index contributed by atoms with van der Waals surface area (Å²) in [5.74, 6) is -0.964. The smallest absolute Gasteiger partial charge is 0.373 e. The van der Waals surface area contributed by atoms with Crippen LogP contribution in [0.5, 0.6) is 0 Å². The third-order valence-corrected chi connectivity index (χ3v) is 5.94. The number of fused-ring (bicyclic) bond motifs is 1. The average molecular weight is 500 g/mol. The number of urea groups is 1. The summed E-state index contributed by atoms with van der Waals surface area (Å²) in [6, 6.07) is 16.2. The van der Waals surface area contributed by atoms with Crippen molar-refractivity contribution in [3.05, 3.63) is 105 Å². The number of nitrogens with one attached hydrogen (secondary N) is 1. The van der Waals surface area contributed by atoms with Gasteiger partial charge in [-0.1, -0.05) is 30.3 Å². The Bertz CT molecular complexity index is 1580. The van der Waals surface area contributed by atoms with Crippen molar-refractivity contribution in [2.24, 2.45) is 0 Å². The maximum atomic E-state index is 13.0. The summed E-state index contributed by atoms with van der Waals surface area (Å²) in [5.41, 5.74) is 2.60. The van der Waals surface area contributed by atoms with E-state index in [-0.39, 0.29) is 29.4 Å². The molecule has 11 nitrogen and oxygen atoms in total. The number of hydrogen-bond acceptors (Lipinski definition) is 7. The van der Waals surface area contributed by atoms with Crippen LogP contribution in [-0.2, 0) is 22.6 Å². The Kier molecular flexibility index (Phi) is 6.02. The van der Waals surface area contributed by atoms with Crippen LogP contribution in [0.3, 0.4) is 0 Å². The monoisotopic (exact) mass is 500 g/mol. The summed E-state index contributed by atoms with van der Waals surface area (Å²) in [6.07, 6.45) is 3.47. The summed E-state index contributed by atoms with van der Waals surface area (Å²) < 4.78 is 12.0. The number of esters is 1. The number of nitro benzene ring substituents is 1. The van der Waals surface area contributed by atoms with Crippen molar-refractivity contribution in [3.8, 4) is 0 Å². The first kappa shape index (κ1) is 23.5. The van der Waals surface area contributed by atoms with Crippen molar-refractivity contribution >= 4 is 40.6 Å². The normalized spacial score (nSPS) is 14.4. The molecule has 3 heterocycles. The van der Waals surface area contributed by atoms with E-state index in [1.54, 1.807) is 18.2 Å². The van der Waals surface area contributed by atoms with Gasteiger partial charge in [-0.25, -0.2) is 9.59 Å². The summed E-state index contributed by atoms with van der Waals surface area (Å²) in [5, 5.41) is 14.4. The molecule has 0 radical (unpaired) electrons. The first-order chi connectivity index (χ1) is 17.8. The lowest BCUT2D eigenvalue weighted by Crippen LogP contribution is -2.30. The van der Waals surface area contributed by atoms with Crippen LogP contribution in [0.25, 0.3) is 17.0 Å². The summed E-state index contributed by atoms with van der Waals surface area (Å²) in [6.45, 7) is 0.302. The van der Waals surface area contributed by atoms with Crippen molar-refractivity contribution in [2.75, 3.05) is 7.11 Å². The molecule has 4 aromatic rings. The highest BCUT2D eigenvalue weighted by molar-refractivity contribution is 6.14. The molecule has 0 atom stereocenters. The van der Waals surface area contributed by atoms with Gasteiger partial charge in [0.2, 0.25) is 5.76 Å². The number of furan rings is 1. The standard InChI is InChI=1S/C26H20N4O7/c1-36-25(32)23-11-10-19(37-23)15-29-24(31)21(27-26(29)33)12-17-14-28(22-5-3-2-4-20(17)22)13-16-6-8-18(9-7-16)30(34)35/h2-12,14H,13,15H2,1H3,(H,27,33). The number of nitro groups is 1. The molecule has 5 rings (SSSR count). The fraction of sp³-hybridized carbons (Fsp3) is 0.115. The Balaban J connectivity index is 1.40. The minimum atomic E-state index is -0.658. The second-order valence-corrected chi connectivity index (χ2v) is 8.29. The first-order valence-electron chi connectivity index (χ1n) is 11.2. The van der Waals surface area contributed by atoms with Gasteiger partial charge in [-0.05, 0) is 29.8 Å². The third kappa shape index (κ3) is 4.57. The maximum Gasteiger partial charge on any atom is 0.373 e. The highest BCUT2D eigenvalue weighted by atomic mass is 16.6. The molecule has 0 spiro atoms. The number of carbonyl (C=O) groups is 3. The van der Waals surface area contributed by atoms with E-state index in [2.05, 4.69) is 10.1 Å². The molecule has 0 saturated carbocycles. The van der Waals surface area contributed by atoms with Crippen molar-refractivity contribution in [2.45, 2.75) is 13.1 Å². The summed E-state index contributed by atoms with van der Waals surface area (Å²) >= 11 is 0. The number of non-ortho nitro benzene ring substituents is 1. The Labute approximate surface area is 209 Å². The number of para-hydroxylation sites is 1. The number of methoxy groups -OCH3 is 1. The quantitative estimate of drug-likeness (QED) is 0.133. The van der Waals surface area contributed by atoms with E-state index in [4.69, 9.17) is 4.42 Å². The maximum absolute atomic E-state index is 13.0. The molecule has 1 aliphatic heterocycles. The zero-order valence-electron chi connectivity index (χ0n) is 19.5. The van der Waals surface area contributed by atoms with E-state index in [0.717, 1.165) is 21.4 Å². The second kappa shape index (κ2) is 9.46. The van der Waals surface area contributed by atoms with Crippen LogP contribution in [0.2, 0.25) is 0 Å². The number of imide groups is 1. The Hall–Kier alpha value is -5.19. The van der Waals surface area contributed by atoms with E-state index in [0.29, 0.717) is 12.1 Å². The molecule has 0 aliphatic carbocycles. The number of nitrogens with zero attached hydrogens (tertiary/aromatic N) is 3. The number of ether oxygens (including phenoxy) is 1. The molecule has 1 fully saturated rings. The molecular formula is C26H20N4O7. The molecule has 1 N–H and O–H groups in total. The topological polar surface area (TPSA) is 137 Å². The van der Waals surface area contributed by atoms with Crippen LogP contribution < -0.4 is 5.32 Å². The van der Waals surface area contributed by atoms with Crippen LogP contribution in [0.15, 0.2) is 77.0 Å². The Morgan fingerprint density at radius 2 is 1.84 bits per heavy atom. The summed E-state index contributed by atoms with van der Waals surface area (Å²) in [7, 11) is 1.22. The second-order valence-electron chi connectivity index (χ2n) is 8.29. The highest BCUT2D eigenvalue weighted by Crippen LogP contribution is 2.26. The largest absolute Gasteiger partial charge is 0.463 e. The fourth-order valence-corrected chi connectivity index (χ4v) is 4.14. The zero-order valence-corrected chi connectivity index (χ0v) is 19.5. The van der Waals surface area contributed by atoms with Gasteiger partial charge in [0.1, 0.15) is 11.5 Å². The van der Waals surface area contributed by atoms with Crippen molar-refractivity contribution in [1.82, 2.24) is 14.8 Å². The van der Waals surface area contributed by atoms with Crippen LogP contribution in [-0.4, -0.2) is 39.4 Å². The van der Waals surface area contributed by atoms with E-state index in [9.17, 15) is 24.5 Å². The van der Waals surface area contributed by atoms with Gasteiger partial charge in [0.05, 0.1) is 18.6 Å². The third-order valence-electron chi connectivity index (χ3n) is 5.94. The van der Waals surface area contributed by atoms with Gasteiger partial charge < -0.3 is 19.0 Å². The lowest BCUT2D eigenvalue weighted by molar-refractivity contribution is -0.384. The van der Waals surface area contributed by atoms with Crippen LogP contribution >= 0.6 is 0 Å². The molecule has 3 amide bonds. The van der Waals surface area contributed by atoms with Crippen molar-refractivity contribution < 1.29 is 28.5 Å². The van der Waals surface area contributed by atoms with Gasteiger partial charge in [-0.3, -0.25) is 19.8 Å². The van der Waals surface area contributed by atoms with Crippen molar-refractivity contribution in [3.63, 3.8) is 0 Å². The number of amides is 3. The minimum Gasteiger partial charge on any atom is -0.463 e. The molecule has 37 heavy (non-hydrogen) atoms. The molecule has 1 aliphatic rings. The van der Waals surface area contributed by atoms with Gasteiger partial charge in [0, 0.05) is 41.3 Å². The molecule has 0 unspecified atom stereocenters. The van der Waals surface area contributed by atoms with E-state index < -0.39 is 22.8 Å². The summed E-state index contributed by atoms with van der Waals surface area (Å²) in [4.78, 5) is 48.6. The molecule has 2 aromatic heterocycles. The minimum absolute atomic E-state index is 0.0163. The van der Waals surface area contributed by atoms with Crippen LogP contribution in [0.1, 0.15) is 27.4 Å². The Morgan fingerprint density at radius 3 is 2.57 bits per heavy atom. The number of benzene rings is 2. The fourth-order valence-electron chi connectivity index (χ4n) is 4.14. The van der Waals surface area contributed by atoms with E-state index in [1.165, 1.54) is 31.4 Å². The zero-order chi connectivity index (χ0) is 26.1. The number of carbonyl (C=O) groups excluding carboxylic acids is 3. The van der Waals surface area contributed by atoms with Gasteiger partial charge in [0.15, 0.2) is 0 Å². The van der Waals surface area contributed by atoms with Crippen LogP contribution in [0.4, 0.5) is 10.5 Å². The molecular weight excluding hydrogens is 480 g/mol. The molecule has 186 valence electrons. The molecule has 11 heteroatoms. The van der Waals surface area contributed by atoms with Gasteiger partial charge in [-0.2, -0.15) is 0 Å². The number of aromatic nitrogens is 1. The lowest BCUT2D eigenvalue weighted by Gasteiger charge is -2.09.